The number of hydrogen-bond acceptors (Lipinski definition) is 4. The minimum Gasteiger partial charge on any atom is -0.325 e. The molecule has 1 atom stereocenters. The number of anilines is 2. The van der Waals surface area contributed by atoms with E-state index in [0.717, 1.165) is 16.8 Å². The van der Waals surface area contributed by atoms with E-state index in [4.69, 9.17) is 0 Å². The third-order valence-corrected chi connectivity index (χ3v) is 5.40. The van der Waals surface area contributed by atoms with E-state index >= 15 is 0 Å². The van der Waals surface area contributed by atoms with Crippen molar-refractivity contribution in [3.05, 3.63) is 59.7 Å². The monoisotopic (exact) mass is 368 g/mol. The molecule has 5 nitrogen and oxygen atoms in total. The van der Waals surface area contributed by atoms with Gasteiger partial charge in [0, 0.05) is 12.1 Å². The minimum atomic E-state index is -0.521. The summed E-state index contributed by atoms with van der Waals surface area (Å²) in [6.45, 7) is 3.89. The smallest absolute Gasteiger partial charge is 0.247 e. The van der Waals surface area contributed by atoms with Crippen LogP contribution < -0.4 is 10.2 Å². The van der Waals surface area contributed by atoms with Gasteiger partial charge < -0.3 is 5.32 Å². The van der Waals surface area contributed by atoms with Gasteiger partial charge >= 0.3 is 0 Å². The molecule has 0 aliphatic carbocycles. The summed E-state index contributed by atoms with van der Waals surface area (Å²) in [6.07, 6.45) is 0.120. The fourth-order valence-electron chi connectivity index (χ4n) is 2.82. The molecule has 0 radical (unpaired) electrons. The second-order valence-corrected chi connectivity index (χ2v) is 7.46. The number of para-hydroxylation sites is 1. The quantitative estimate of drug-likeness (QED) is 0.823. The molecular weight excluding hydrogens is 348 g/mol. The second-order valence-electron chi connectivity index (χ2n) is 6.27. The molecule has 2 aromatic carbocycles. The maximum Gasteiger partial charge on any atom is 0.247 e. The van der Waals surface area contributed by atoms with E-state index in [0.29, 0.717) is 5.69 Å². The zero-order valence-corrected chi connectivity index (χ0v) is 15.5. The summed E-state index contributed by atoms with van der Waals surface area (Å²) in [7, 11) is 0. The average Bonchev–Trinajstić information content (AvgIpc) is 2.91. The summed E-state index contributed by atoms with van der Waals surface area (Å²) < 4.78 is 0. The van der Waals surface area contributed by atoms with Crippen LogP contribution in [0.4, 0.5) is 11.4 Å². The number of carbonyl (C=O) groups excluding carboxylic acids is 3. The lowest BCUT2D eigenvalue weighted by Crippen LogP contribution is -2.31. The van der Waals surface area contributed by atoms with Crippen LogP contribution in [-0.4, -0.2) is 28.7 Å². The molecule has 1 aliphatic heterocycles. The van der Waals surface area contributed by atoms with Gasteiger partial charge in [-0.05, 0) is 43.2 Å². The Morgan fingerprint density at radius 3 is 2.62 bits per heavy atom. The number of thioether (sulfide) groups is 1. The summed E-state index contributed by atoms with van der Waals surface area (Å²) in [4.78, 5) is 38.2. The maximum atomic E-state index is 12.5. The van der Waals surface area contributed by atoms with Gasteiger partial charge in [0.25, 0.3) is 0 Å². The van der Waals surface area contributed by atoms with Crippen LogP contribution in [0.25, 0.3) is 0 Å². The van der Waals surface area contributed by atoms with Gasteiger partial charge in [-0.25, -0.2) is 4.90 Å². The Kier molecular flexibility index (Phi) is 5.42. The van der Waals surface area contributed by atoms with E-state index in [-0.39, 0.29) is 29.9 Å². The molecule has 134 valence electrons. The van der Waals surface area contributed by atoms with Gasteiger partial charge in [0.1, 0.15) is 0 Å². The Bertz CT molecular complexity index is 851. The number of carbonyl (C=O) groups is 3. The second kappa shape index (κ2) is 7.74. The first kappa shape index (κ1) is 18.2. The molecule has 0 bridgehead atoms. The molecule has 1 saturated heterocycles. The third-order valence-electron chi connectivity index (χ3n) is 4.20. The van der Waals surface area contributed by atoms with Crippen molar-refractivity contribution >= 4 is 40.9 Å². The summed E-state index contributed by atoms with van der Waals surface area (Å²) in [5, 5.41) is 2.35. The molecule has 2 aromatic rings. The van der Waals surface area contributed by atoms with Crippen molar-refractivity contribution in [3.63, 3.8) is 0 Å². The third kappa shape index (κ3) is 3.96. The predicted octanol–water partition coefficient (Wildman–Crippen LogP) is 3.31. The Morgan fingerprint density at radius 1 is 1.15 bits per heavy atom. The van der Waals surface area contributed by atoms with Crippen molar-refractivity contribution in [2.75, 3.05) is 16.0 Å². The summed E-state index contributed by atoms with van der Waals surface area (Å²) in [6, 6.07) is 14.7. The topological polar surface area (TPSA) is 66.5 Å². The van der Waals surface area contributed by atoms with Crippen molar-refractivity contribution in [1.82, 2.24) is 0 Å². The van der Waals surface area contributed by atoms with E-state index < -0.39 is 5.25 Å². The van der Waals surface area contributed by atoms with Crippen LogP contribution in [0, 0.1) is 13.8 Å². The molecule has 1 fully saturated rings. The number of benzene rings is 2. The SMILES string of the molecule is Cc1ccc(C)c(NC(=O)CS[C@H]2CC(=O)N(c3ccccc3)C2=O)c1. The highest BCUT2D eigenvalue weighted by Gasteiger charge is 2.39. The molecule has 6 heteroatoms. The highest BCUT2D eigenvalue weighted by molar-refractivity contribution is 8.01. The molecule has 0 saturated carbocycles. The van der Waals surface area contributed by atoms with E-state index in [1.165, 1.54) is 16.7 Å². The molecule has 0 spiro atoms. The average molecular weight is 368 g/mol. The van der Waals surface area contributed by atoms with Gasteiger partial charge in [-0.1, -0.05) is 30.3 Å². The van der Waals surface area contributed by atoms with E-state index in [2.05, 4.69) is 5.32 Å². The van der Waals surface area contributed by atoms with Crippen LogP contribution in [-0.2, 0) is 14.4 Å². The van der Waals surface area contributed by atoms with Crippen LogP contribution in [0.1, 0.15) is 17.5 Å². The molecule has 0 aromatic heterocycles. The van der Waals surface area contributed by atoms with Gasteiger partial charge in [-0.3, -0.25) is 14.4 Å². The summed E-state index contributed by atoms with van der Waals surface area (Å²) in [5.74, 6) is -0.541. The van der Waals surface area contributed by atoms with Gasteiger partial charge in [-0.2, -0.15) is 0 Å². The van der Waals surface area contributed by atoms with Crippen LogP contribution in [0.3, 0.4) is 0 Å². The van der Waals surface area contributed by atoms with Crippen LogP contribution in [0.2, 0.25) is 0 Å². The Labute approximate surface area is 156 Å². The lowest BCUT2D eigenvalue weighted by Gasteiger charge is -2.14. The van der Waals surface area contributed by atoms with Gasteiger partial charge in [0.15, 0.2) is 0 Å². The Balaban J connectivity index is 1.60. The van der Waals surface area contributed by atoms with E-state index in [1.54, 1.807) is 24.3 Å². The molecular formula is C20H20N2O3S. The first-order valence-corrected chi connectivity index (χ1v) is 9.41. The zero-order valence-electron chi connectivity index (χ0n) is 14.7. The zero-order chi connectivity index (χ0) is 18.7. The van der Waals surface area contributed by atoms with Crippen LogP contribution in [0.15, 0.2) is 48.5 Å². The number of nitrogens with zero attached hydrogens (tertiary/aromatic N) is 1. The van der Waals surface area contributed by atoms with Crippen LogP contribution in [0.5, 0.6) is 0 Å². The van der Waals surface area contributed by atoms with Gasteiger partial charge in [0.2, 0.25) is 17.7 Å². The van der Waals surface area contributed by atoms with Gasteiger partial charge in [-0.15, -0.1) is 11.8 Å². The highest BCUT2D eigenvalue weighted by atomic mass is 32.2. The Morgan fingerprint density at radius 2 is 1.88 bits per heavy atom. The van der Waals surface area contributed by atoms with Gasteiger partial charge in [0.05, 0.1) is 16.7 Å². The fraction of sp³-hybridized carbons (Fsp3) is 0.250. The van der Waals surface area contributed by atoms with E-state index in [1.807, 2.05) is 38.1 Å². The maximum absolute atomic E-state index is 12.5. The standard InChI is InChI=1S/C20H20N2O3S/c1-13-8-9-14(2)16(10-13)21-18(23)12-26-17-11-19(24)22(20(17)25)15-6-4-3-5-7-15/h3-10,17H,11-12H2,1-2H3,(H,21,23)/t17-/m0/s1. The van der Waals surface area contributed by atoms with Crippen molar-refractivity contribution in [1.29, 1.82) is 0 Å². The number of aryl methyl sites for hydroxylation is 2. The minimum absolute atomic E-state index is 0.120. The number of amides is 3. The lowest BCUT2D eigenvalue weighted by atomic mass is 10.1. The highest BCUT2D eigenvalue weighted by Crippen LogP contribution is 2.29. The number of nitrogens with one attached hydrogen (secondary N) is 1. The molecule has 3 amide bonds. The van der Waals surface area contributed by atoms with Crippen molar-refractivity contribution in [2.45, 2.75) is 25.5 Å². The molecule has 1 aliphatic rings. The lowest BCUT2D eigenvalue weighted by molar-refractivity contribution is -0.121. The molecule has 1 heterocycles. The first-order valence-electron chi connectivity index (χ1n) is 8.36. The molecule has 1 N–H and O–H groups in total. The largest absolute Gasteiger partial charge is 0.325 e. The first-order chi connectivity index (χ1) is 12.5. The molecule has 3 rings (SSSR count). The summed E-state index contributed by atoms with van der Waals surface area (Å²) in [5.41, 5.74) is 3.39. The van der Waals surface area contributed by atoms with Crippen molar-refractivity contribution < 1.29 is 14.4 Å². The normalized spacial score (nSPS) is 16.8. The Hall–Kier alpha value is -2.60. The summed E-state index contributed by atoms with van der Waals surface area (Å²) >= 11 is 1.21. The predicted molar refractivity (Wildman–Crippen MR) is 104 cm³/mol. The van der Waals surface area contributed by atoms with Crippen LogP contribution >= 0.6 is 11.8 Å². The number of hydrogen-bond donors (Lipinski definition) is 1. The van der Waals surface area contributed by atoms with Crippen molar-refractivity contribution in [2.24, 2.45) is 0 Å². The molecule has 26 heavy (non-hydrogen) atoms. The number of imide groups is 1. The molecule has 0 unspecified atom stereocenters. The number of rotatable bonds is 5. The van der Waals surface area contributed by atoms with E-state index in [9.17, 15) is 14.4 Å². The fourth-order valence-corrected chi connectivity index (χ4v) is 3.75. The van der Waals surface area contributed by atoms with Crippen molar-refractivity contribution in [3.8, 4) is 0 Å².